The van der Waals surface area contributed by atoms with Gasteiger partial charge in [0.2, 0.25) is 0 Å². The van der Waals surface area contributed by atoms with Gasteiger partial charge in [0.15, 0.2) is 0 Å². The van der Waals surface area contributed by atoms with Crippen LogP contribution < -0.4 is 5.32 Å². The van der Waals surface area contributed by atoms with Crippen LogP contribution >= 0.6 is 0 Å². The molecule has 0 aliphatic heterocycles. The number of hydrogen-bond acceptors (Lipinski definition) is 3. The summed E-state index contributed by atoms with van der Waals surface area (Å²) in [6.45, 7) is 0. The van der Waals surface area contributed by atoms with E-state index in [0.717, 1.165) is 31.2 Å². The lowest BCUT2D eigenvalue weighted by atomic mass is 9.88. The minimum absolute atomic E-state index is 0.245. The number of hydrogen-bond donors (Lipinski definition) is 2. The summed E-state index contributed by atoms with van der Waals surface area (Å²) in [6, 6.07) is 13.7. The number of pyridine rings is 1. The lowest BCUT2D eigenvalue weighted by molar-refractivity contribution is 0.0892. The van der Waals surface area contributed by atoms with Gasteiger partial charge >= 0.3 is 0 Å². The molecule has 0 saturated heterocycles. The van der Waals surface area contributed by atoms with E-state index in [0.29, 0.717) is 17.1 Å². The molecule has 1 aliphatic rings. The molecule has 0 atom stereocenters. The molecule has 1 saturated carbocycles. The fraction of sp³-hybridized carbons (Fsp3) is 0.250. The Morgan fingerprint density at radius 2 is 1.92 bits per heavy atom. The van der Waals surface area contributed by atoms with E-state index >= 15 is 0 Å². The molecule has 0 radical (unpaired) electrons. The molecule has 26 heavy (non-hydrogen) atoms. The van der Waals surface area contributed by atoms with Crippen LogP contribution in [0.25, 0.3) is 11.4 Å². The molecule has 1 amide bonds. The van der Waals surface area contributed by atoms with Gasteiger partial charge in [-0.1, -0.05) is 31.0 Å². The normalized spacial score (nSPS) is 15.7. The van der Waals surface area contributed by atoms with E-state index in [1.54, 1.807) is 18.3 Å². The first-order valence-electron chi connectivity index (χ1n) is 8.72. The third-order valence-corrected chi connectivity index (χ3v) is 4.94. The fourth-order valence-electron chi connectivity index (χ4n) is 3.62. The molecule has 132 valence electrons. The minimum atomic E-state index is -0.532. The number of nitrogens with one attached hydrogen (secondary N) is 2. The maximum absolute atomic E-state index is 13.7. The molecule has 0 spiro atoms. The molecule has 0 unspecified atom stereocenters. The van der Waals surface area contributed by atoms with E-state index in [1.165, 1.54) is 12.1 Å². The molecular formula is C20H19FN4O. The Hall–Kier alpha value is -3.02. The minimum Gasteiger partial charge on any atom is -0.341 e. The second-order valence-electron chi connectivity index (χ2n) is 6.64. The third kappa shape index (κ3) is 3.10. The van der Waals surface area contributed by atoms with Crippen LogP contribution in [0, 0.1) is 5.82 Å². The zero-order valence-corrected chi connectivity index (χ0v) is 14.2. The molecule has 0 bridgehead atoms. The Kier molecular flexibility index (Phi) is 4.24. The molecule has 6 heteroatoms. The van der Waals surface area contributed by atoms with Crippen LogP contribution in [-0.2, 0) is 5.54 Å². The molecule has 4 rings (SSSR count). The van der Waals surface area contributed by atoms with E-state index < -0.39 is 5.54 Å². The average molecular weight is 350 g/mol. The van der Waals surface area contributed by atoms with E-state index in [9.17, 15) is 9.18 Å². The van der Waals surface area contributed by atoms with Crippen molar-refractivity contribution in [2.75, 3.05) is 0 Å². The Morgan fingerprint density at radius 3 is 2.65 bits per heavy atom. The van der Waals surface area contributed by atoms with E-state index in [2.05, 4.69) is 20.5 Å². The summed E-state index contributed by atoms with van der Waals surface area (Å²) in [5.74, 6) is -0.534. The van der Waals surface area contributed by atoms with Crippen LogP contribution in [0.15, 0.2) is 54.7 Å². The van der Waals surface area contributed by atoms with E-state index in [1.807, 2.05) is 24.3 Å². The van der Waals surface area contributed by atoms with Crippen molar-refractivity contribution < 1.29 is 9.18 Å². The molecule has 2 heterocycles. The maximum Gasteiger partial charge on any atom is 0.270 e. The first-order chi connectivity index (χ1) is 12.7. The molecule has 3 aromatic rings. The van der Waals surface area contributed by atoms with Crippen LogP contribution in [-0.4, -0.2) is 21.1 Å². The highest BCUT2D eigenvalue weighted by atomic mass is 19.1. The molecular weight excluding hydrogens is 331 g/mol. The van der Waals surface area contributed by atoms with Crippen molar-refractivity contribution in [3.63, 3.8) is 0 Å². The topological polar surface area (TPSA) is 70.7 Å². The number of aromatic amines is 1. The molecule has 1 aromatic carbocycles. The Morgan fingerprint density at radius 1 is 1.08 bits per heavy atom. The van der Waals surface area contributed by atoms with Crippen LogP contribution in [0.1, 0.15) is 41.7 Å². The van der Waals surface area contributed by atoms with Crippen LogP contribution in [0.5, 0.6) is 0 Å². The summed E-state index contributed by atoms with van der Waals surface area (Å²) in [7, 11) is 0. The van der Waals surface area contributed by atoms with E-state index in [4.69, 9.17) is 0 Å². The SMILES string of the molecule is O=C(NC1(c2cccc(F)c2)CCCC1)c1cc(-c2ccccn2)n[nH]1. The number of benzene rings is 1. The van der Waals surface area contributed by atoms with Crippen molar-refractivity contribution >= 4 is 5.91 Å². The lowest BCUT2D eigenvalue weighted by Gasteiger charge is -2.31. The predicted molar refractivity (Wildman–Crippen MR) is 95.8 cm³/mol. The smallest absolute Gasteiger partial charge is 0.270 e. The number of H-pyrrole nitrogens is 1. The van der Waals surface area contributed by atoms with Crippen LogP contribution in [0.4, 0.5) is 4.39 Å². The van der Waals surface area contributed by atoms with Crippen molar-refractivity contribution in [3.8, 4) is 11.4 Å². The molecule has 5 nitrogen and oxygen atoms in total. The Bertz CT molecular complexity index is 916. The summed E-state index contributed by atoms with van der Waals surface area (Å²) >= 11 is 0. The second kappa shape index (κ2) is 6.71. The molecule has 2 N–H and O–H groups in total. The van der Waals surface area contributed by atoms with Crippen molar-refractivity contribution in [1.82, 2.24) is 20.5 Å². The maximum atomic E-state index is 13.7. The van der Waals surface area contributed by atoms with Gasteiger partial charge in [0, 0.05) is 6.20 Å². The van der Waals surface area contributed by atoms with Gasteiger partial charge in [0.1, 0.15) is 17.2 Å². The van der Waals surface area contributed by atoms with Gasteiger partial charge < -0.3 is 5.32 Å². The van der Waals surface area contributed by atoms with Crippen molar-refractivity contribution in [1.29, 1.82) is 0 Å². The predicted octanol–water partition coefficient (Wildman–Crippen LogP) is 3.81. The van der Waals surface area contributed by atoms with Gasteiger partial charge in [-0.2, -0.15) is 5.10 Å². The van der Waals surface area contributed by atoms with Gasteiger partial charge in [-0.15, -0.1) is 0 Å². The monoisotopic (exact) mass is 350 g/mol. The van der Waals surface area contributed by atoms with Gasteiger partial charge in [-0.3, -0.25) is 14.9 Å². The summed E-state index contributed by atoms with van der Waals surface area (Å²) in [4.78, 5) is 17.1. The van der Waals surface area contributed by atoms with Crippen molar-refractivity contribution in [3.05, 3.63) is 71.8 Å². The first-order valence-corrected chi connectivity index (χ1v) is 8.72. The van der Waals surface area contributed by atoms with Crippen molar-refractivity contribution in [2.45, 2.75) is 31.2 Å². The number of carbonyl (C=O) groups is 1. The summed E-state index contributed by atoms with van der Waals surface area (Å²) < 4.78 is 13.7. The van der Waals surface area contributed by atoms with Crippen LogP contribution in [0.3, 0.4) is 0 Å². The quantitative estimate of drug-likeness (QED) is 0.752. The highest BCUT2D eigenvalue weighted by Gasteiger charge is 2.37. The first kappa shape index (κ1) is 16.4. The van der Waals surface area contributed by atoms with Gasteiger partial charge in [0.05, 0.1) is 11.2 Å². The number of aromatic nitrogens is 3. The Labute approximate surface area is 150 Å². The number of nitrogens with zero attached hydrogens (tertiary/aromatic N) is 2. The van der Waals surface area contributed by atoms with Gasteiger partial charge in [-0.25, -0.2) is 4.39 Å². The second-order valence-corrected chi connectivity index (χ2v) is 6.64. The zero-order chi connectivity index (χ0) is 18.0. The van der Waals surface area contributed by atoms with Crippen molar-refractivity contribution in [2.24, 2.45) is 0 Å². The highest BCUT2D eigenvalue weighted by molar-refractivity contribution is 5.93. The lowest BCUT2D eigenvalue weighted by Crippen LogP contribution is -2.44. The highest BCUT2D eigenvalue weighted by Crippen LogP contribution is 2.39. The largest absolute Gasteiger partial charge is 0.341 e. The molecule has 2 aromatic heterocycles. The number of rotatable bonds is 4. The zero-order valence-electron chi connectivity index (χ0n) is 14.2. The summed E-state index contributed by atoms with van der Waals surface area (Å²) in [6.07, 6.45) is 5.27. The number of halogens is 1. The van der Waals surface area contributed by atoms with Gasteiger partial charge in [0.25, 0.3) is 5.91 Å². The average Bonchev–Trinajstić information content (AvgIpc) is 3.33. The molecule has 1 aliphatic carbocycles. The molecule has 1 fully saturated rings. The van der Waals surface area contributed by atoms with E-state index in [-0.39, 0.29) is 11.7 Å². The summed E-state index contributed by atoms with van der Waals surface area (Å²) in [5.41, 5.74) is 1.96. The standard InChI is InChI=1S/C20H19FN4O/c21-15-7-5-6-14(12-15)20(9-2-3-10-20)23-19(26)18-13-17(24-25-18)16-8-1-4-11-22-16/h1,4-8,11-13H,2-3,9-10H2,(H,23,26)(H,24,25). The Balaban J connectivity index is 1.59. The number of carbonyl (C=O) groups excluding carboxylic acids is 1. The number of amides is 1. The fourth-order valence-corrected chi connectivity index (χ4v) is 3.62. The third-order valence-electron chi connectivity index (χ3n) is 4.94. The van der Waals surface area contributed by atoms with Gasteiger partial charge in [-0.05, 0) is 48.7 Å². The summed E-state index contributed by atoms with van der Waals surface area (Å²) in [5, 5.41) is 10.1. The van der Waals surface area contributed by atoms with Crippen LogP contribution in [0.2, 0.25) is 0 Å².